The molecule has 0 atom stereocenters. The third kappa shape index (κ3) is 3.54. The van der Waals surface area contributed by atoms with Crippen LogP contribution in [0, 0.1) is 0 Å². The molecule has 5 heteroatoms. The van der Waals surface area contributed by atoms with Crippen molar-refractivity contribution in [2.75, 3.05) is 6.54 Å². The summed E-state index contributed by atoms with van der Waals surface area (Å²) < 4.78 is 0. The quantitative estimate of drug-likeness (QED) is 0.875. The van der Waals surface area contributed by atoms with Crippen molar-refractivity contribution >= 4 is 23.2 Å². The normalized spacial score (nSPS) is 16.6. The summed E-state index contributed by atoms with van der Waals surface area (Å²) in [6.07, 6.45) is 6.13. The van der Waals surface area contributed by atoms with Crippen molar-refractivity contribution in [1.29, 1.82) is 0 Å². The van der Waals surface area contributed by atoms with Gasteiger partial charge in [0.1, 0.15) is 0 Å². The van der Waals surface area contributed by atoms with E-state index in [0.717, 1.165) is 41.8 Å². The van der Waals surface area contributed by atoms with Gasteiger partial charge in [0.25, 0.3) is 5.91 Å². The Morgan fingerprint density at radius 1 is 1.08 bits per heavy atom. The summed E-state index contributed by atoms with van der Waals surface area (Å²) in [5, 5.41) is 5.25. The molecule has 1 aromatic carbocycles. The lowest BCUT2D eigenvalue weighted by Gasteiger charge is -2.18. The number of rotatable bonds is 5. The van der Waals surface area contributed by atoms with Crippen LogP contribution in [0.4, 0.5) is 0 Å². The van der Waals surface area contributed by atoms with Crippen molar-refractivity contribution in [3.8, 4) is 0 Å². The number of nitrogens with zero attached hydrogens (tertiary/aromatic N) is 1. The molecule has 0 spiro atoms. The largest absolute Gasteiger partial charge is 0.347 e. The molecular formula is C21H24N2O2S. The number of hydrogen-bond donors (Lipinski definition) is 1. The topological polar surface area (TPSA) is 49.4 Å². The van der Waals surface area contributed by atoms with Crippen LogP contribution in [0.2, 0.25) is 0 Å². The smallest absolute Gasteiger partial charge is 0.261 e. The minimum atomic E-state index is 0.0326. The second-order valence-electron chi connectivity index (χ2n) is 7.15. The summed E-state index contributed by atoms with van der Waals surface area (Å²) in [7, 11) is 0. The molecule has 2 heterocycles. The molecule has 1 aliphatic heterocycles. The molecule has 1 aliphatic carbocycles. The van der Waals surface area contributed by atoms with Crippen LogP contribution >= 0.6 is 11.3 Å². The number of carbonyl (C=O) groups excluding carboxylic acids is 2. The van der Waals surface area contributed by atoms with Gasteiger partial charge in [-0.25, -0.2) is 0 Å². The van der Waals surface area contributed by atoms with Crippen molar-refractivity contribution < 1.29 is 9.59 Å². The van der Waals surface area contributed by atoms with Crippen LogP contribution in [0.5, 0.6) is 0 Å². The predicted octanol–water partition coefficient (Wildman–Crippen LogP) is 3.68. The zero-order valence-corrected chi connectivity index (χ0v) is 15.7. The Morgan fingerprint density at radius 2 is 1.88 bits per heavy atom. The highest BCUT2D eigenvalue weighted by molar-refractivity contribution is 7.12. The van der Waals surface area contributed by atoms with E-state index in [-0.39, 0.29) is 11.8 Å². The maximum absolute atomic E-state index is 12.7. The van der Waals surface area contributed by atoms with Crippen molar-refractivity contribution in [1.82, 2.24) is 10.2 Å². The van der Waals surface area contributed by atoms with Gasteiger partial charge in [-0.15, -0.1) is 11.3 Å². The zero-order chi connectivity index (χ0) is 17.9. The van der Waals surface area contributed by atoms with Gasteiger partial charge in [0.2, 0.25) is 5.91 Å². The summed E-state index contributed by atoms with van der Waals surface area (Å²) in [6, 6.07) is 8.08. The Balaban J connectivity index is 1.44. The lowest BCUT2D eigenvalue weighted by atomic mass is 9.94. The first-order valence-electron chi connectivity index (χ1n) is 9.44. The number of carbonyl (C=O) groups is 2. The van der Waals surface area contributed by atoms with Crippen molar-refractivity contribution in [3.63, 3.8) is 0 Å². The molecule has 2 aliphatic rings. The minimum absolute atomic E-state index is 0.0326. The van der Waals surface area contributed by atoms with E-state index in [1.165, 1.54) is 24.0 Å². The highest BCUT2D eigenvalue weighted by Gasteiger charge is 2.22. The van der Waals surface area contributed by atoms with Crippen LogP contribution < -0.4 is 5.32 Å². The monoisotopic (exact) mass is 368 g/mol. The number of likely N-dealkylation sites (tertiary alicyclic amines) is 1. The minimum Gasteiger partial charge on any atom is -0.347 e. The average Bonchev–Trinajstić information content (AvgIpc) is 3.27. The van der Waals surface area contributed by atoms with Gasteiger partial charge in [-0.2, -0.15) is 0 Å². The molecule has 1 fully saturated rings. The van der Waals surface area contributed by atoms with E-state index in [0.29, 0.717) is 19.5 Å². The van der Waals surface area contributed by atoms with Crippen LogP contribution in [-0.4, -0.2) is 23.3 Å². The number of nitrogens with one attached hydrogen (secondary N) is 1. The van der Waals surface area contributed by atoms with E-state index < -0.39 is 0 Å². The maximum Gasteiger partial charge on any atom is 0.261 e. The SMILES string of the molecule is O=C(NCc1ccccc1CN1CCCC1=O)c1scc2c1CCCC2. The Morgan fingerprint density at radius 3 is 2.69 bits per heavy atom. The van der Waals surface area contributed by atoms with Gasteiger partial charge in [0.15, 0.2) is 0 Å². The second-order valence-corrected chi connectivity index (χ2v) is 8.03. The van der Waals surface area contributed by atoms with Crippen LogP contribution in [0.25, 0.3) is 0 Å². The number of aryl methyl sites for hydroxylation is 1. The first-order valence-corrected chi connectivity index (χ1v) is 10.3. The van der Waals surface area contributed by atoms with Gasteiger partial charge in [-0.1, -0.05) is 24.3 Å². The third-order valence-corrected chi connectivity index (χ3v) is 6.47. The van der Waals surface area contributed by atoms with Gasteiger partial charge in [0.05, 0.1) is 4.88 Å². The summed E-state index contributed by atoms with van der Waals surface area (Å²) in [5.41, 5.74) is 4.83. The van der Waals surface area contributed by atoms with Gasteiger partial charge < -0.3 is 10.2 Å². The van der Waals surface area contributed by atoms with Crippen molar-refractivity contribution in [3.05, 3.63) is 56.8 Å². The van der Waals surface area contributed by atoms with Crippen LogP contribution in [-0.2, 0) is 30.7 Å². The van der Waals surface area contributed by atoms with E-state index in [4.69, 9.17) is 0 Å². The number of hydrogen-bond acceptors (Lipinski definition) is 3. The van der Waals surface area contributed by atoms with Crippen LogP contribution in [0.15, 0.2) is 29.6 Å². The molecule has 136 valence electrons. The summed E-state index contributed by atoms with van der Waals surface area (Å²) in [5.74, 6) is 0.263. The highest BCUT2D eigenvalue weighted by atomic mass is 32.1. The molecule has 0 saturated carbocycles. The summed E-state index contributed by atoms with van der Waals surface area (Å²) >= 11 is 1.57. The maximum atomic E-state index is 12.7. The molecule has 0 radical (unpaired) electrons. The standard InChI is InChI=1S/C21H24N2O2S/c24-19-10-5-11-23(19)13-16-7-2-1-6-15(16)12-22-21(25)20-18-9-4-3-8-17(18)14-26-20/h1-2,6-7,14H,3-5,8-13H2,(H,22,25). The van der Waals surface area contributed by atoms with Crippen LogP contribution in [0.1, 0.15) is 57.6 Å². The zero-order valence-electron chi connectivity index (χ0n) is 14.9. The lowest BCUT2D eigenvalue weighted by Crippen LogP contribution is -2.27. The van der Waals surface area contributed by atoms with E-state index >= 15 is 0 Å². The number of fused-ring (bicyclic) bond motifs is 1. The Kier molecular flexibility index (Phi) is 5.07. The lowest BCUT2D eigenvalue weighted by molar-refractivity contribution is -0.128. The Labute approximate surface area is 158 Å². The number of thiophene rings is 1. The van der Waals surface area contributed by atoms with E-state index in [1.54, 1.807) is 11.3 Å². The van der Waals surface area contributed by atoms with Crippen LogP contribution in [0.3, 0.4) is 0 Å². The summed E-state index contributed by atoms with van der Waals surface area (Å²) in [6.45, 7) is 1.98. The number of benzene rings is 1. The molecule has 0 bridgehead atoms. The summed E-state index contributed by atoms with van der Waals surface area (Å²) in [4.78, 5) is 27.4. The molecule has 4 nitrogen and oxygen atoms in total. The van der Waals surface area contributed by atoms with E-state index in [9.17, 15) is 9.59 Å². The molecule has 2 amide bonds. The third-order valence-electron chi connectivity index (χ3n) is 5.40. The predicted molar refractivity (Wildman–Crippen MR) is 103 cm³/mol. The van der Waals surface area contributed by atoms with Gasteiger partial charge in [-0.3, -0.25) is 9.59 Å². The molecule has 4 rings (SSSR count). The average molecular weight is 369 g/mol. The molecule has 1 saturated heterocycles. The van der Waals surface area contributed by atoms with Crippen molar-refractivity contribution in [2.45, 2.75) is 51.6 Å². The first kappa shape index (κ1) is 17.3. The highest BCUT2D eigenvalue weighted by Crippen LogP contribution is 2.29. The fourth-order valence-corrected chi connectivity index (χ4v) is 5.00. The van der Waals surface area contributed by atoms with Crippen molar-refractivity contribution in [2.24, 2.45) is 0 Å². The Bertz CT molecular complexity index is 827. The van der Waals surface area contributed by atoms with Gasteiger partial charge in [-0.05, 0) is 59.7 Å². The second kappa shape index (κ2) is 7.62. The fraction of sp³-hybridized carbons (Fsp3) is 0.429. The molecule has 1 aromatic heterocycles. The molecule has 26 heavy (non-hydrogen) atoms. The van der Waals surface area contributed by atoms with E-state index in [2.05, 4.69) is 16.8 Å². The molecule has 0 unspecified atom stereocenters. The fourth-order valence-electron chi connectivity index (χ4n) is 3.93. The van der Waals surface area contributed by atoms with Gasteiger partial charge >= 0.3 is 0 Å². The Hall–Kier alpha value is -2.14. The number of amides is 2. The first-order chi connectivity index (χ1) is 12.7. The van der Waals surface area contributed by atoms with E-state index in [1.807, 2.05) is 23.1 Å². The molecular weight excluding hydrogens is 344 g/mol. The molecule has 1 N–H and O–H groups in total. The van der Waals surface area contributed by atoms with Gasteiger partial charge in [0, 0.05) is 26.1 Å². The molecule has 2 aromatic rings.